The van der Waals surface area contributed by atoms with Gasteiger partial charge in [-0.1, -0.05) is 6.07 Å². The molecule has 1 spiro atoms. The molecular weight excluding hydrogens is 328 g/mol. The van der Waals surface area contributed by atoms with E-state index in [9.17, 15) is 9.59 Å². The van der Waals surface area contributed by atoms with Crippen molar-refractivity contribution in [1.29, 1.82) is 0 Å². The van der Waals surface area contributed by atoms with Crippen LogP contribution < -0.4 is 10.6 Å². The summed E-state index contributed by atoms with van der Waals surface area (Å²) in [7, 11) is 0. The standard InChI is InChI=1S/C20H26N4O2/c1-14(15-2-3-17-16(12-15)5-9-21-17)23-19(26)24-10-7-20(8-11-24)6-4-18(25)22-13-20/h2-3,5,9,12,14,21H,4,6-8,10-11,13H2,1H3,(H,22,25)(H,23,26). The normalized spacial score (nSPS) is 20.8. The molecule has 3 heterocycles. The zero-order valence-electron chi connectivity index (χ0n) is 15.2. The van der Waals surface area contributed by atoms with Crippen LogP contribution in [0.25, 0.3) is 10.9 Å². The van der Waals surface area contributed by atoms with Crippen LogP contribution in [0.4, 0.5) is 4.79 Å². The van der Waals surface area contributed by atoms with Crippen molar-refractivity contribution in [1.82, 2.24) is 20.5 Å². The van der Waals surface area contributed by atoms with Gasteiger partial charge >= 0.3 is 6.03 Å². The Kier molecular flexibility index (Phi) is 4.34. The highest BCUT2D eigenvalue weighted by molar-refractivity contribution is 5.80. The smallest absolute Gasteiger partial charge is 0.317 e. The topological polar surface area (TPSA) is 77.2 Å². The number of hydrogen-bond donors (Lipinski definition) is 3. The molecule has 26 heavy (non-hydrogen) atoms. The van der Waals surface area contributed by atoms with Crippen molar-refractivity contribution in [2.45, 2.75) is 38.6 Å². The number of piperidine rings is 2. The van der Waals surface area contributed by atoms with E-state index in [1.807, 2.05) is 24.1 Å². The van der Waals surface area contributed by atoms with Gasteiger partial charge in [0.1, 0.15) is 0 Å². The van der Waals surface area contributed by atoms with Gasteiger partial charge in [-0.05, 0) is 60.7 Å². The third kappa shape index (κ3) is 3.28. The number of hydrogen-bond acceptors (Lipinski definition) is 2. The van der Waals surface area contributed by atoms with Crippen LogP contribution >= 0.6 is 0 Å². The van der Waals surface area contributed by atoms with Crippen molar-refractivity contribution in [2.24, 2.45) is 5.41 Å². The molecule has 6 nitrogen and oxygen atoms in total. The van der Waals surface area contributed by atoms with Crippen molar-refractivity contribution in [3.8, 4) is 0 Å². The van der Waals surface area contributed by atoms with Crippen LogP contribution in [-0.4, -0.2) is 41.5 Å². The fourth-order valence-electron chi connectivity index (χ4n) is 4.15. The summed E-state index contributed by atoms with van der Waals surface area (Å²) >= 11 is 0. The highest BCUT2D eigenvalue weighted by Crippen LogP contribution is 2.37. The number of fused-ring (bicyclic) bond motifs is 1. The summed E-state index contributed by atoms with van der Waals surface area (Å²) in [6.45, 7) is 4.29. The SMILES string of the molecule is CC(NC(=O)N1CCC2(CCC(=O)NC2)CC1)c1ccc2[nH]ccc2c1. The maximum atomic E-state index is 12.7. The molecule has 138 valence electrons. The fourth-order valence-corrected chi connectivity index (χ4v) is 4.15. The van der Waals surface area contributed by atoms with E-state index in [-0.39, 0.29) is 23.4 Å². The van der Waals surface area contributed by atoms with Crippen LogP contribution in [0.1, 0.15) is 44.2 Å². The lowest BCUT2D eigenvalue weighted by Crippen LogP contribution is -2.52. The van der Waals surface area contributed by atoms with Crippen LogP contribution in [0, 0.1) is 5.41 Å². The second-order valence-corrected chi connectivity index (χ2v) is 7.76. The number of H-pyrrole nitrogens is 1. The molecule has 2 fully saturated rings. The van der Waals surface area contributed by atoms with Gasteiger partial charge < -0.3 is 20.5 Å². The maximum absolute atomic E-state index is 12.7. The minimum absolute atomic E-state index is 0.00126. The number of likely N-dealkylation sites (tertiary alicyclic amines) is 1. The highest BCUT2D eigenvalue weighted by Gasteiger charge is 2.38. The van der Waals surface area contributed by atoms with Crippen LogP contribution in [-0.2, 0) is 4.79 Å². The third-order valence-corrected chi connectivity index (χ3v) is 6.07. The lowest BCUT2D eigenvalue weighted by atomic mass is 9.73. The monoisotopic (exact) mass is 354 g/mol. The van der Waals surface area contributed by atoms with Gasteiger partial charge in [-0.3, -0.25) is 4.79 Å². The van der Waals surface area contributed by atoms with E-state index in [2.05, 4.69) is 33.8 Å². The van der Waals surface area contributed by atoms with E-state index < -0.39 is 0 Å². The maximum Gasteiger partial charge on any atom is 0.317 e. The van der Waals surface area contributed by atoms with Crippen molar-refractivity contribution in [3.63, 3.8) is 0 Å². The quantitative estimate of drug-likeness (QED) is 0.775. The van der Waals surface area contributed by atoms with E-state index >= 15 is 0 Å². The number of carbonyl (C=O) groups is 2. The average molecular weight is 354 g/mol. The Morgan fingerprint density at radius 2 is 2.04 bits per heavy atom. The Hall–Kier alpha value is -2.50. The second kappa shape index (κ2) is 6.67. The van der Waals surface area contributed by atoms with Crippen molar-refractivity contribution in [3.05, 3.63) is 36.0 Å². The van der Waals surface area contributed by atoms with Crippen molar-refractivity contribution in [2.75, 3.05) is 19.6 Å². The van der Waals surface area contributed by atoms with Gasteiger partial charge in [0.2, 0.25) is 5.91 Å². The Labute approximate surface area is 153 Å². The number of amides is 3. The Bertz CT molecular complexity index is 808. The third-order valence-electron chi connectivity index (χ3n) is 6.07. The van der Waals surface area contributed by atoms with Gasteiger partial charge in [-0.15, -0.1) is 0 Å². The number of aromatic amines is 1. The minimum atomic E-state index is -0.0355. The molecule has 0 saturated carbocycles. The molecule has 2 aromatic rings. The van der Waals surface area contributed by atoms with Crippen LogP contribution in [0.2, 0.25) is 0 Å². The Balaban J connectivity index is 1.34. The summed E-state index contributed by atoms with van der Waals surface area (Å²) in [4.78, 5) is 29.1. The summed E-state index contributed by atoms with van der Waals surface area (Å²) in [6, 6.07) is 8.23. The predicted molar refractivity (Wildman–Crippen MR) is 101 cm³/mol. The number of rotatable bonds is 2. The largest absolute Gasteiger partial charge is 0.361 e. The number of carbonyl (C=O) groups excluding carboxylic acids is 2. The predicted octanol–water partition coefficient (Wildman–Crippen LogP) is 2.93. The molecule has 1 atom stereocenters. The molecule has 2 aliphatic rings. The van der Waals surface area contributed by atoms with Crippen molar-refractivity contribution < 1.29 is 9.59 Å². The highest BCUT2D eigenvalue weighted by atomic mass is 16.2. The number of urea groups is 1. The number of aromatic nitrogens is 1. The summed E-state index contributed by atoms with van der Waals surface area (Å²) in [5.74, 6) is 0.156. The van der Waals surface area contributed by atoms with E-state index in [1.54, 1.807) is 0 Å². The number of benzene rings is 1. The first kappa shape index (κ1) is 16.9. The first-order valence-electron chi connectivity index (χ1n) is 9.44. The zero-order chi connectivity index (χ0) is 18.1. The van der Waals surface area contributed by atoms with Crippen LogP contribution in [0.5, 0.6) is 0 Å². The Morgan fingerprint density at radius 3 is 2.77 bits per heavy atom. The van der Waals surface area contributed by atoms with Gasteiger partial charge in [0, 0.05) is 37.8 Å². The van der Waals surface area contributed by atoms with E-state index in [0.29, 0.717) is 6.42 Å². The fraction of sp³-hybridized carbons (Fsp3) is 0.500. The molecule has 2 saturated heterocycles. The van der Waals surface area contributed by atoms with E-state index in [0.717, 1.165) is 55.4 Å². The minimum Gasteiger partial charge on any atom is -0.361 e. The van der Waals surface area contributed by atoms with Gasteiger partial charge in [0.25, 0.3) is 0 Å². The molecule has 1 unspecified atom stereocenters. The zero-order valence-corrected chi connectivity index (χ0v) is 15.2. The molecule has 1 aromatic carbocycles. The molecule has 0 bridgehead atoms. The van der Waals surface area contributed by atoms with Crippen molar-refractivity contribution >= 4 is 22.8 Å². The molecular formula is C20H26N4O2. The molecule has 2 aliphatic heterocycles. The Morgan fingerprint density at radius 1 is 1.23 bits per heavy atom. The molecule has 0 aliphatic carbocycles. The molecule has 0 radical (unpaired) electrons. The molecule has 3 amide bonds. The van der Waals surface area contributed by atoms with Gasteiger partial charge in [0.15, 0.2) is 0 Å². The average Bonchev–Trinajstić information content (AvgIpc) is 3.12. The van der Waals surface area contributed by atoms with Crippen LogP contribution in [0.15, 0.2) is 30.5 Å². The first-order valence-corrected chi connectivity index (χ1v) is 9.44. The van der Waals surface area contributed by atoms with E-state index in [1.165, 1.54) is 0 Å². The first-order chi connectivity index (χ1) is 12.5. The molecule has 6 heteroatoms. The summed E-state index contributed by atoms with van der Waals surface area (Å²) < 4.78 is 0. The summed E-state index contributed by atoms with van der Waals surface area (Å²) in [6.07, 6.45) is 5.41. The summed E-state index contributed by atoms with van der Waals surface area (Å²) in [5, 5.41) is 7.28. The molecule has 4 rings (SSSR count). The molecule has 3 N–H and O–H groups in total. The molecule has 1 aromatic heterocycles. The van der Waals surface area contributed by atoms with Gasteiger partial charge in [0.05, 0.1) is 6.04 Å². The number of nitrogens with zero attached hydrogens (tertiary/aromatic N) is 1. The van der Waals surface area contributed by atoms with E-state index in [4.69, 9.17) is 0 Å². The lowest BCUT2D eigenvalue weighted by molar-refractivity contribution is -0.125. The van der Waals surface area contributed by atoms with Gasteiger partial charge in [-0.2, -0.15) is 0 Å². The second-order valence-electron chi connectivity index (χ2n) is 7.76. The summed E-state index contributed by atoms with van der Waals surface area (Å²) in [5.41, 5.74) is 2.40. The van der Waals surface area contributed by atoms with Crippen LogP contribution in [0.3, 0.4) is 0 Å². The lowest BCUT2D eigenvalue weighted by Gasteiger charge is -2.44. The number of nitrogens with one attached hydrogen (secondary N) is 3. The van der Waals surface area contributed by atoms with Gasteiger partial charge in [-0.25, -0.2) is 4.79 Å².